The Bertz CT molecular complexity index is 974. The van der Waals surface area contributed by atoms with Crippen molar-refractivity contribution in [2.75, 3.05) is 24.5 Å². The Balaban J connectivity index is 1.71. The van der Waals surface area contributed by atoms with E-state index in [9.17, 15) is 14.9 Å². The molecule has 0 N–H and O–H groups in total. The molecular weight excluding hydrogens is 404 g/mol. The molecule has 1 aromatic heterocycles. The van der Waals surface area contributed by atoms with Crippen molar-refractivity contribution in [2.24, 2.45) is 5.92 Å². The van der Waals surface area contributed by atoms with E-state index in [0.717, 1.165) is 35.5 Å². The average Bonchev–Trinajstić information content (AvgIpc) is 3.56. The van der Waals surface area contributed by atoms with Gasteiger partial charge in [-0.2, -0.15) is 5.26 Å². The SMILES string of the molecule is CC(=O)CC(=O)N1CCN(c2nc(C3CC3)c3c(c2C#N)CC(C)(C)OC3)CC1C(C)C. The lowest BCUT2D eigenvalue weighted by Crippen LogP contribution is -2.57. The minimum absolute atomic E-state index is 0.0240. The van der Waals surface area contributed by atoms with Gasteiger partial charge >= 0.3 is 0 Å². The zero-order chi connectivity index (χ0) is 23.2. The first kappa shape index (κ1) is 22.7. The van der Waals surface area contributed by atoms with Crippen LogP contribution in [0.15, 0.2) is 0 Å². The molecule has 0 spiro atoms. The van der Waals surface area contributed by atoms with Crippen molar-refractivity contribution in [1.29, 1.82) is 5.26 Å². The molecule has 1 amide bonds. The number of ketones is 1. The number of anilines is 1. The lowest BCUT2D eigenvalue weighted by molar-refractivity contribution is -0.138. The number of carbonyl (C=O) groups excluding carboxylic acids is 2. The number of aromatic nitrogens is 1. The van der Waals surface area contributed by atoms with E-state index in [2.05, 4.69) is 38.7 Å². The molecule has 1 saturated heterocycles. The van der Waals surface area contributed by atoms with E-state index in [4.69, 9.17) is 9.72 Å². The fraction of sp³-hybridized carbons (Fsp3) is 0.680. The van der Waals surface area contributed by atoms with Crippen LogP contribution >= 0.6 is 0 Å². The van der Waals surface area contributed by atoms with Crippen LogP contribution in [-0.2, 0) is 27.4 Å². The molecule has 2 aliphatic heterocycles. The van der Waals surface area contributed by atoms with Gasteiger partial charge in [-0.25, -0.2) is 4.98 Å². The van der Waals surface area contributed by atoms with Gasteiger partial charge in [0.05, 0.1) is 35.9 Å². The molecular formula is C25H34N4O3. The zero-order valence-electron chi connectivity index (χ0n) is 19.9. The highest BCUT2D eigenvalue weighted by Gasteiger charge is 2.39. The fourth-order valence-electron chi connectivity index (χ4n) is 5.02. The van der Waals surface area contributed by atoms with E-state index in [-0.39, 0.29) is 35.7 Å². The number of pyridine rings is 1. The minimum atomic E-state index is -0.309. The first-order valence-corrected chi connectivity index (χ1v) is 11.7. The summed E-state index contributed by atoms with van der Waals surface area (Å²) in [6.07, 6.45) is 2.92. The third-order valence-electron chi connectivity index (χ3n) is 6.92. The molecule has 1 saturated carbocycles. The van der Waals surface area contributed by atoms with Crippen molar-refractivity contribution in [1.82, 2.24) is 9.88 Å². The maximum Gasteiger partial charge on any atom is 0.230 e. The number of amides is 1. The standard InChI is InChI=1S/C25H34N4O3/c1-15(2)21-13-28(8-9-29(21)22(31)10-16(3)30)24-19(12-26)18-11-25(4,5)32-14-20(18)23(27-24)17-6-7-17/h15,17,21H,6-11,13-14H2,1-5H3. The third kappa shape index (κ3) is 4.38. The van der Waals surface area contributed by atoms with Crippen LogP contribution in [0.4, 0.5) is 5.82 Å². The molecule has 3 heterocycles. The van der Waals surface area contributed by atoms with E-state index >= 15 is 0 Å². The van der Waals surface area contributed by atoms with Crippen molar-refractivity contribution >= 4 is 17.5 Å². The Labute approximate surface area is 190 Å². The summed E-state index contributed by atoms with van der Waals surface area (Å²) in [7, 11) is 0. The van der Waals surface area contributed by atoms with Gasteiger partial charge in [0.25, 0.3) is 0 Å². The van der Waals surface area contributed by atoms with E-state index in [0.29, 0.717) is 44.1 Å². The van der Waals surface area contributed by atoms with Gasteiger partial charge in [0.1, 0.15) is 17.7 Å². The second-order valence-corrected chi connectivity index (χ2v) is 10.5. The molecule has 7 heteroatoms. The Kier molecular flexibility index (Phi) is 6.02. The van der Waals surface area contributed by atoms with Gasteiger partial charge in [-0.1, -0.05) is 13.8 Å². The molecule has 1 atom stereocenters. The summed E-state index contributed by atoms with van der Waals surface area (Å²) in [5.74, 6) is 1.23. The van der Waals surface area contributed by atoms with Gasteiger partial charge < -0.3 is 14.5 Å². The average molecular weight is 439 g/mol. The summed E-state index contributed by atoms with van der Waals surface area (Å²) < 4.78 is 6.08. The summed E-state index contributed by atoms with van der Waals surface area (Å²) in [5, 5.41) is 10.2. The van der Waals surface area contributed by atoms with E-state index in [1.807, 2.05) is 4.90 Å². The van der Waals surface area contributed by atoms with Gasteiger partial charge in [0.2, 0.25) is 5.91 Å². The normalized spacial score (nSPS) is 22.5. The molecule has 0 bridgehead atoms. The van der Waals surface area contributed by atoms with Crippen molar-refractivity contribution in [3.05, 3.63) is 22.4 Å². The van der Waals surface area contributed by atoms with Crippen LogP contribution in [-0.4, -0.2) is 52.9 Å². The number of piperazine rings is 1. The number of Topliss-reactive ketones (excluding diaryl/α,β-unsaturated/α-hetero) is 1. The van der Waals surface area contributed by atoms with Gasteiger partial charge in [-0.15, -0.1) is 0 Å². The number of fused-ring (bicyclic) bond motifs is 1. The van der Waals surface area contributed by atoms with Gasteiger partial charge in [-0.3, -0.25) is 9.59 Å². The van der Waals surface area contributed by atoms with E-state index in [1.165, 1.54) is 6.92 Å². The molecule has 32 heavy (non-hydrogen) atoms. The quantitative estimate of drug-likeness (QED) is 0.656. The second-order valence-electron chi connectivity index (χ2n) is 10.5. The van der Waals surface area contributed by atoms with Crippen molar-refractivity contribution in [3.8, 4) is 6.07 Å². The number of nitriles is 1. The lowest BCUT2D eigenvalue weighted by atomic mass is 9.87. The van der Waals surface area contributed by atoms with Crippen molar-refractivity contribution < 1.29 is 14.3 Å². The molecule has 4 rings (SSSR count). The first-order valence-electron chi connectivity index (χ1n) is 11.7. The van der Waals surface area contributed by atoms with Crippen LogP contribution in [0.1, 0.15) is 82.2 Å². The van der Waals surface area contributed by atoms with Crippen LogP contribution in [0.3, 0.4) is 0 Å². The molecule has 3 aliphatic rings. The minimum Gasteiger partial charge on any atom is -0.370 e. The van der Waals surface area contributed by atoms with Crippen LogP contribution in [0.2, 0.25) is 0 Å². The Morgan fingerprint density at radius 3 is 2.56 bits per heavy atom. The molecule has 1 aromatic rings. The molecule has 0 aromatic carbocycles. The topological polar surface area (TPSA) is 86.5 Å². The summed E-state index contributed by atoms with van der Waals surface area (Å²) in [6, 6.07) is 2.44. The summed E-state index contributed by atoms with van der Waals surface area (Å²) >= 11 is 0. The van der Waals surface area contributed by atoms with Gasteiger partial charge in [0, 0.05) is 37.5 Å². The molecule has 2 fully saturated rings. The highest BCUT2D eigenvalue weighted by molar-refractivity contribution is 5.97. The zero-order valence-corrected chi connectivity index (χ0v) is 19.9. The number of hydrogen-bond acceptors (Lipinski definition) is 6. The maximum absolute atomic E-state index is 12.7. The Morgan fingerprint density at radius 2 is 1.97 bits per heavy atom. The van der Waals surface area contributed by atoms with Crippen LogP contribution in [0.25, 0.3) is 0 Å². The smallest absolute Gasteiger partial charge is 0.230 e. The van der Waals surface area contributed by atoms with Crippen molar-refractivity contribution in [3.63, 3.8) is 0 Å². The summed E-state index contributed by atoms with van der Waals surface area (Å²) in [4.78, 5) is 33.3. The number of rotatable bonds is 5. The number of carbonyl (C=O) groups is 2. The molecule has 1 unspecified atom stereocenters. The third-order valence-corrected chi connectivity index (χ3v) is 6.92. The van der Waals surface area contributed by atoms with Crippen LogP contribution < -0.4 is 4.90 Å². The highest BCUT2D eigenvalue weighted by atomic mass is 16.5. The summed E-state index contributed by atoms with van der Waals surface area (Å²) in [6.45, 7) is 12.1. The molecule has 0 radical (unpaired) electrons. The first-order chi connectivity index (χ1) is 15.1. The molecule has 1 aliphatic carbocycles. The lowest BCUT2D eigenvalue weighted by Gasteiger charge is -2.44. The highest BCUT2D eigenvalue weighted by Crippen LogP contribution is 2.46. The summed E-state index contributed by atoms with van der Waals surface area (Å²) in [5.41, 5.74) is 3.65. The van der Waals surface area contributed by atoms with Crippen molar-refractivity contribution in [2.45, 2.75) is 84.5 Å². The van der Waals surface area contributed by atoms with Crippen LogP contribution in [0.5, 0.6) is 0 Å². The Hall–Kier alpha value is -2.46. The Morgan fingerprint density at radius 1 is 1.25 bits per heavy atom. The van der Waals surface area contributed by atoms with Gasteiger partial charge in [0.15, 0.2) is 0 Å². The van der Waals surface area contributed by atoms with Crippen LogP contribution in [0, 0.1) is 17.2 Å². The monoisotopic (exact) mass is 438 g/mol. The predicted octanol–water partition coefficient (Wildman–Crippen LogP) is 3.33. The maximum atomic E-state index is 12.7. The number of ether oxygens (including phenoxy) is 1. The number of nitrogens with zero attached hydrogens (tertiary/aromatic N) is 4. The van der Waals surface area contributed by atoms with E-state index in [1.54, 1.807) is 0 Å². The molecule has 172 valence electrons. The van der Waals surface area contributed by atoms with E-state index < -0.39 is 0 Å². The second kappa shape index (κ2) is 8.47. The predicted molar refractivity (Wildman–Crippen MR) is 121 cm³/mol. The fourth-order valence-corrected chi connectivity index (χ4v) is 5.02. The number of hydrogen-bond donors (Lipinski definition) is 0. The molecule has 7 nitrogen and oxygen atoms in total. The largest absolute Gasteiger partial charge is 0.370 e. The van der Waals surface area contributed by atoms with Gasteiger partial charge in [-0.05, 0) is 45.1 Å².